The van der Waals surface area contributed by atoms with Crippen LogP contribution in [0.15, 0.2) is 6.07 Å². The van der Waals surface area contributed by atoms with Crippen molar-refractivity contribution in [3.05, 3.63) is 39.4 Å². The lowest BCUT2D eigenvalue weighted by molar-refractivity contribution is 0.0971. The first-order valence-electron chi connectivity index (χ1n) is 6.60. The molecule has 2 aromatic rings. The molecule has 7 heteroatoms. The molecule has 118 valence electrons. The van der Waals surface area contributed by atoms with Crippen LogP contribution >= 0.6 is 0 Å². The fraction of sp³-hybridized carbons (Fsp3) is 0.125. The second kappa shape index (κ2) is 4.39. The molecule has 0 unspecified atom stereocenters. The van der Waals surface area contributed by atoms with Gasteiger partial charge in [0.15, 0.2) is 28.8 Å². The van der Waals surface area contributed by atoms with Crippen molar-refractivity contribution in [2.24, 2.45) is 0 Å². The van der Waals surface area contributed by atoms with E-state index in [1.54, 1.807) is 0 Å². The Morgan fingerprint density at radius 1 is 0.652 bits per heavy atom. The molecule has 5 N–H and O–H groups in total. The van der Waals surface area contributed by atoms with Crippen molar-refractivity contribution >= 4 is 11.6 Å². The monoisotopic (exact) mass is 316 g/mol. The summed E-state index contributed by atoms with van der Waals surface area (Å²) in [7, 11) is 0. The zero-order valence-corrected chi connectivity index (χ0v) is 12.1. The molecule has 2 aromatic carbocycles. The summed E-state index contributed by atoms with van der Waals surface area (Å²) in [5.74, 6) is -5.57. The van der Waals surface area contributed by atoms with Crippen molar-refractivity contribution in [3.63, 3.8) is 0 Å². The van der Waals surface area contributed by atoms with Crippen LogP contribution in [0.25, 0.3) is 0 Å². The van der Waals surface area contributed by atoms with Crippen molar-refractivity contribution in [1.29, 1.82) is 0 Å². The standard InChI is InChI=1S/C16H12O7/c1-4-3-6(17)12(19)9-7(4)13(20)8-5(2)11(18)16(23)15(22)10(8)14(9)21/h3,17-19,22-23H,1-2H3. The first-order valence-corrected chi connectivity index (χ1v) is 6.60. The molecule has 0 fully saturated rings. The van der Waals surface area contributed by atoms with Gasteiger partial charge >= 0.3 is 0 Å². The van der Waals surface area contributed by atoms with E-state index in [0.29, 0.717) is 0 Å². The van der Waals surface area contributed by atoms with Crippen LogP contribution in [0, 0.1) is 13.8 Å². The minimum absolute atomic E-state index is 0.0636. The fourth-order valence-corrected chi connectivity index (χ4v) is 2.89. The van der Waals surface area contributed by atoms with Crippen LogP contribution in [0.5, 0.6) is 28.7 Å². The number of ketones is 2. The van der Waals surface area contributed by atoms with Gasteiger partial charge in [0.05, 0.1) is 11.1 Å². The molecule has 0 bridgehead atoms. The predicted octanol–water partition coefficient (Wildman–Crippen LogP) is 1.61. The number of hydrogen-bond donors (Lipinski definition) is 5. The van der Waals surface area contributed by atoms with E-state index in [4.69, 9.17) is 0 Å². The van der Waals surface area contributed by atoms with Gasteiger partial charge in [0, 0.05) is 16.7 Å². The second-order valence-electron chi connectivity index (χ2n) is 5.39. The van der Waals surface area contributed by atoms with Crippen LogP contribution < -0.4 is 0 Å². The summed E-state index contributed by atoms with van der Waals surface area (Å²) in [5, 5.41) is 49.1. The lowest BCUT2D eigenvalue weighted by Crippen LogP contribution is -2.23. The molecule has 0 aromatic heterocycles. The Morgan fingerprint density at radius 3 is 1.78 bits per heavy atom. The highest BCUT2D eigenvalue weighted by Crippen LogP contribution is 2.49. The van der Waals surface area contributed by atoms with Gasteiger partial charge in [0.25, 0.3) is 0 Å². The summed E-state index contributed by atoms with van der Waals surface area (Å²) in [6, 6.07) is 1.14. The lowest BCUT2D eigenvalue weighted by atomic mass is 9.79. The van der Waals surface area contributed by atoms with Gasteiger partial charge in [-0.1, -0.05) is 0 Å². The predicted molar refractivity (Wildman–Crippen MR) is 77.5 cm³/mol. The van der Waals surface area contributed by atoms with Gasteiger partial charge in [0.2, 0.25) is 11.5 Å². The Bertz CT molecular complexity index is 925. The van der Waals surface area contributed by atoms with Crippen LogP contribution in [0.1, 0.15) is 43.0 Å². The molecule has 0 radical (unpaired) electrons. The summed E-state index contributed by atoms with van der Waals surface area (Å²) in [5.41, 5.74) is -1.14. The molecular weight excluding hydrogens is 304 g/mol. The maximum Gasteiger partial charge on any atom is 0.202 e. The molecule has 1 aliphatic carbocycles. The molecule has 23 heavy (non-hydrogen) atoms. The van der Waals surface area contributed by atoms with Crippen LogP contribution in [0.2, 0.25) is 0 Å². The van der Waals surface area contributed by atoms with E-state index in [0.717, 1.165) is 6.07 Å². The van der Waals surface area contributed by atoms with Crippen molar-refractivity contribution in [3.8, 4) is 28.7 Å². The molecule has 0 saturated carbocycles. The van der Waals surface area contributed by atoms with E-state index in [1.807, 2.05) is 0 Å². The van der Waals surface area contributed by atoms with E-state index < -0.39 is 51.4 Å². The van der Waals surface area contributed by atoms with Gasteiger partial charge in [-0.2, -0.15) is 0 Å². The number of phenols is 5. The summed E-state index contributed by atoms with van der Waals surface area (Å²) in [4.78, 5) is 25.4. The zero-order valence-electron chi connectivity index (χ0n) is 12.1. The summed E-state index contributed by atoms with van der Waals surface area (Å²) >= 11 is 0. The quantitative estimate of drug-likeness (QED) is 0.397. The van der Waals surface area contributed by atoms with Gasteiger partial charge in [-0.15, -0.1) is 0 Å². The van der Waals surface area contributed by atoms with Crippen molar-refractivity contribution < 1.29 is 35.1 Å². The molecule has 1 aliphatic rings. The first-order chi connectivity index (χ1) is 10.7. The average Bonchev–Trinajstić information content (AvgIpc) is 2.49. The molecule has 7 nitrogen and oxygen atoms in total. The van der Waals surface area contributed by atoms with Crippen LogP contribution in [-0.2, 0) is 0 Å². The number of hydrogen-bond acceptors (Lipinski definition) is 7. The number of aromatic hydroxyl groups is 5. The largest absolute Gasteiger partial charge is 0.504 e. The van der Waals surface area contributed by atoms with Gasteiger partial charge < -0.3 is 25.5 Å². The van der Waals surface area contributed by atoms with Gasteiger partial charge in [-0.3, -0.25) is 9.59 Å². The van der Waals surface area contributed by atoms with E-state index >= 15 is 0 Å². The van der Waals surface area contributed by atoms with Crippen molar-refractivity contribution in [2.45, 2.75) is 13.8 Å². The van der Waals surface area contributed by atoms with E-state index in [9.17, 15) is 35.1 Å². The van der Waals surface area contributed by atoms with Crippen LogP contribution in [0.3, 0.4) is 0 Å². The number of fused-ring (bicyclic) bond motifs is 2. The third-order valence-electron chi connectivity index (χ3n) is 4.05. The minimum Gasteiger partial charge on any atom is -0.504 e. The zero-order chi connectivity index (χ0) is 17.2. The number of rotatable bonds is 0. The highest BCUT2D eigenvalue weighted by molar-refractivity contribution is 6.31. The van der Waals surface area contributed by atoms with Crippen molar-refractivity contribution in [2.75, 3.05) is 0 Å². The molecule has 0 saturated heterocycles. The summed E-state index contributed by atoms with van der Waals surface area (Å²) in [6.07, 6.45) is 0. The maximum atomic E-state index is 12.7. The molecule has 0 heterocycles. The van der Waals surface area contributed by atoms with Crippen LogP contribution in [0.4, 0.5) is 0 Å². The SMILES string of the molecule is Cc1cc(O)c(O)c2c1C(=O)c1c(C)c(O)c(O)c(O)c1C2=O. The highest BCUT2D eigenvalue weighted by Gasteiger charge is 2.39. The number of carbonyl (C=O) groups excluding carboxylic acids is 2. The molecule has 0 amide bonds. The third-order valence-corrected chi connectivity index (χ3v) is 4.05. The Morgan fingerprint density at radius 2 is 1.17 bits per heavy atom. The number of aryl methyl sites for hydroxylation is 1. The Balaban J connectivity index is 2.51. The third kappa shape index (κ3) is 1.64. The van der Waals surface area contributed by atoms with Crippen LogP contribution in [-0.4, -0.2) is 37.1 Å². The van der Waals surface area contributed by atoms with Gasteiger partial charge in [-0.25, -0.2) is 0 Å². The smallest absolute Gasteiger partial charge is 0.202 e. The van der Waals surface area contributed by atoms with E-state index in [1.165, 1.54) is 13.8 Å². The Kier molecular flexibility index (Phi) is 2.81. The van der Waals surface area contributed by atoms with Gasteiger partial charge in [-0.05, 0) is 25.5 Å². The Hall–Kier alpha value is -3.22. The molecular formula is C16H12O7. The highest BCUT2D eigenvalue weighted by atomic mass is 16.3. The topological polar surface area (TPSA) is 135 Å². The molecule has 3 rings (SSSR count). The molecule has 0 spiro atoms. The maximum absolute atomic E-state index is 12.7. The number of benzene rings is 2. The van der Waals surface area contributed by atoms with E-state index in [-0.39, 0.29) is 22.3 Å². The Labute approximate surface area is 129 Å². The number of carbonyl (C=O) groups is 2. The first kappa shape index (κ1) is 14.7. The minimum atomic E-state index is -0.951. The molecule has 0 atom stereocenters. The van der Waals surface area contributed by atoms with Crippen molar-refractivity contribution in [1.82, 2.24) is 0 Å². The second-order valence-corrected chi connectivity index (χ2v) is 5.39. The summed E-state index contributed by atoms with van der Waals surface area (Å²) in [6.45, 7) is 2.79. The normalized spacial score (nSPS) is 13.0. The summed E-state index contributed by atoms with van der Waals surface area (Å²) < 4.78 is 0. The average molecular weight is 316 g/mol. The van der Waals surface area contributed by atoms with Gasteiger partial charge in [0.1, 0.15) is 0 Å². The lowest BCUT2D eigenvalue weighted by Gasteiger charge is -2.23. The molecule has 0 aliphatic heterocycles. The fourth-order valence-electron chi connectivity index (χ4n) is 2.89. The number of phenolic OH excluding ortho intramolecular Hbond substituents is 5. The van der Waals surface area contributed by atoms with E-state index in [2.05, 4.69) is 0 Å².